The Morgan fingerprint density at radius 2 is 1.74 bits per heavy atom. The minimum Gasteiger partial charge on any atom is -0.378 e. The van der Waals surface area contributed by atoms with Gasteiger partial charge in [-0.25, -0.2) is 4.39 Å². The topological polar surface area (TPSA) is 43.2 Å². The third-order valence-corrected chi connectivity index (χ3v) is 6.07. The Hall–Kier alpha value is -2.59. The maximum Gasteiger partial charge on any atom is 0.416 e. The molecule has 0 bridgehead atoms. The molecular formula is C21H20F4N4OS. The fourth-order valence-electron chi connectivity index (χ4n) is 3.32. The van der Waals surface area contributed by atoms with Crippen molar-refractivity contribution in [3.63, 3.8) is 0 Å². The molecular weight excluding hydrogens is 432 g/mol. The molecule has 0 saturated carbocycles. The third kappa shape index (κ3) is 4.85. The molecule has 10 heteroatoms. The summed E-state index contributed by atoms with van der Waals surface area (Å²) in [6.07, 6.45) is -4.38. The van der Waals surface area contributed by atoms with Crippen LogP contribution in [0.15, 0.2) is 53.7 Å². The second-order valence-electron chi connectivity index (χ2n) is 7.08. The largest absolute Gasteiger partial charge is 0.416 e. The maximum atomic E-state index is 13.9. The van der Waals surface area contributed by atoms with E-state index in [-0.39, 0.29) is 11.1 Å². The molecule has 1 atom stereocenters. The molecule has 1 aromatic heterocycles. The molecule has 2 aromatic carbocycles. The summed E-state index contributed by atoms with van der Waals surface area (Å²) in [6.45, 7) is 4.26. The standard InChI is InChI=1S/C21H20F4N4OS/c1-14(15-5-7-16(8-6-15)21(23,24)25)31-20-27-26-19(28-9-11-30-12-10-28)29(20)18-4-2-3-17(22)13-18/h2-8,13-14H,9-12H2,1H3. The zero-order chi connectivity index (χ0) is 22.0. The Labute approximate surface area is 181 Å². The highest BCUT2D eigenvalue weighted by atomic mass is 32.2. The first-order valence-electron chi connectivity index (χ1n) is 9.71. The first-order valence-corrected chi connectivity index (χ1v) is 10.6. The van der Waals surface area contributed by atoms with E-state index >= 15 is 0 Å². The Morgan fingerprint density at radius 1 is 1.03 bits per heavy atom. The van der Waals surface area contributed by atoms with Crippen molar-refractivity contribution in [3.05, 3.63) is 65.5 Å². The van der Waals surface area contributed by atoms with E-state index in [2.05, 4.69) is 10.2 Å². The van der Waals surface area contributed by atoms with Crippen LogP contribution in [-0.4, -0.2) is 41.1 Å². The van der Waals surface area contributed by atoms with E-state index in [1.165, 1.54) is 36.0 Å². The van der Waals surface area contributed by atoms with E-state index in [1.54, 1.807) is 16.7 Å². The van der Waals surface area contributed by atoms with Gasteiger partial charge in [-0.2, -0.15) is 13.2 Å². The predicted molar refractivity (Wildman–Crippen MR) is 110 cm³/mol. The number of rotatable bonds is 5. The van der Waals surface area contributed by atoms with Gasteiger partial charge in [-0.1, -0.05) is 30.0 Å². The first kappa shape index (κ1) is 21.6. The molecule has 0 N–H and O–H groups in total. The van der Waals surface area contributed by atoms with Crippen LogP contribution >= 0.6 is 11.8 Å². The van der Waals surface area contributed by atoms with E-state index in [9.17, 15) is 17.6 Å². The maximum absolute atomic E-state index is 13.9. The number of halogens is 4. The van der Waals surface area contributed by atoms with Gasteiger partial charge in [0.15, 0.2) is 5.16 Å². The summed E-state index contributed by atoms with van der Waals surface area (Å²) >= 11 is 1.35. The van der Waals surface area contributed by atoms with Crippen LogP contribution in [0.3, 0.4) is 0 Å². The summed E-state index contributed by atoms with van der Waals surface area (Å²) < 4.78 is 59.7. The Balaban J connectivity index is 1.65. The smallest absolute Gasteiger partial charge is 0.378 e. The Kier molecular flexibility index (Phi) is 6.19. The molecule has 1 aliphatic heterocycles. The zero-order valence-electron chi connectivity index (χ0n) is 16.6. The van der Waals surface area contributed by atoms with Crippen molar-refractivity contribution < 1.29 is 22.3 Å². The molecule has 0 amide bonds. The van der Waals surface area contributed by atoms with E-state index in [1.807, 2.05) is 11.8 Å². The van der Waals surface area contributed by atoms with E-state index in [0.717, 1.165) is 17.7 Å². The van der Waals surface area contributed by atoms with Crippen molar-refractivity contribution in [2.75, 3.05) is 31.2 Å². The minimum atomic E-state index is -4.38. The molecule has 1 saturated heterocycles. The van der Waals surface area contributed by atoms with Gasteiger partial charge in [-0.15, -0.1) is 10.2 Å². The van der Waals surface area contributed by atoms with Gasteiger partial charge in [0.05, 0.1) is 24.5 Å². The predicted octanol–water partition coefficient (Wildman–Crippen LogP) is 5.12. The number of hydrogen-bond donors (Lipinski definition) is 0. The van der Waals surface area contributed by atoms with Crippen LogP contribution in [0.2, 0.25) is 0 Å². The van der Waals surface area contributed by atoms with Crippen molar-refractivity contribution in [1.29, 1.82) is 0 Å². The van der Waals surface area contributed by atoms with Gasteiger partial charge < -0.3 is 9.64 Å². The SMILES string of the molecule is CC(Sc1nnc(N2CCOCC2)n1-c1cccc(F)c1)c1ccc(C(F)(F)F)cc1. The number of alkyl halides is 3. The second kappa shape index (κ2) is 8.88. The van der Waals surface area contributed by atoms with Crippen molar-refractivity contribution in [2.45, 2.75) is 23.5 Å². The Morgan fingerprint density at radius 3 is 2.39 bits per heavy atom. The van der Waals surface area contributed by atoms with Gasteiger partial charge in [-0.3, -0.25) is 4.57 Å². The molecule has 1 fully saturated rings. The average molecular weight is 452 g/mol. The summed E-state index contributed by atoms with van der Waals surface area (Å²) in [4.78, 5) is 2.02. The van der Waals surface area contributed by atoms with Gasteiger partial charge >= 0.3 is 6.18 Å². The first-order chi connectivity index (χ1) is 14.8. The number of anilines is 1. The molecule has 0 spiro atoms. The fraction of sp³-hybridized carbons (Fsp3) is 0.333. The molecule has 3 aromatic rings. The summed E-state index contributed by atoms with van der Waals surface area (Å²) in [7, 11) is 0. The quantitative estimate of drug-likeness (QED) is 0.397. The number of ether oxygens (including phenoxy) is 1. The van der Waals surface area contributed by atoms with Gasteiger partial charge in [0.25, 0.3) is 0 Å². The summed E-state index contributed by atoms with van der Waals surface area (Å²) in [5.41, 5.74) is 0.610. The molecule has 5 nitrogen and oxygen atoms in total. The zero-order valence-corrected chi connectivity index (χ0v) is 17.5. The summed E-state index contributed by atoms with van der Waals surface area (Å²) in [6, 6.07) is 11.2. The summed E-state index contributed by atoms with van der Waals surface area (Å²) in [5.74, 6) is 0.196. The van der Waals surface area contributed by atoms with E-state index in [4.69, 9.17) is 4.74 Å². The lowest BCUT2D eigenvalue weighted by atomic mass is 10.1. The van der Waals surface area contributed by atoms with Crippen LogP contribution in [0.5, 0.6) is 0 Å². The van der Waals surface area contributed by atoms with Crippen molar-refractivity contribution >= 4 is 17.7 Å². The van der Waals surface area contributed by atoms with Crippen LogP contribution in [0.1, 0.15) is 23.3 Å². The minimum absolute atomic E-state index is 0.198. The normalized spacial score (nSPS) is 15.8. The summed E-state index contributed by atoms with van der Waals surface area (Å²) in [5, 5.41) is 8.97. The molecule has 0 aliphatic carbocycles. The lowest BCUT2D eigenvalue weighted by Crippen LogP contribution is -2.37. The van der Waals surface area contributed by atoms with Crippen molar-refractivity contribution in [3.8, 4) is 5.69 Å². The number of aromatic nitrogens is 3. The number of nitrogens with zero attached hydrogens (tertiary/aromatic N) is 4. The van der Waals surface area contributed by atoms with Crippen LogP contribution < -0.4 is 4.90 Å². The highest BCUT2D eigenvalue weighted by Crippen LogP contribution is 2.38. The molecule has 4 rings (SSSR count). The number of thioether (sulfide) groups is 1. The molecule has 1 unspecified atom stereocenters. The van der Waals surface area contributed by atoms with Crippen LogP contribution in [0.4, 0.5) is 23.5 Å². The van der Waals surface area contributed by atoms with Crippen molar-refractivity contribution in [1.82, 2.24) is 14.8 Å². The van der Waals surface area contributed by atoms with Gasteiger partial charge in [-0.05, 0) is 42.8 Å². The lowest BCUT2D eigenvalue weighted by molar-refractivity contribution is -0.137. The van der Waals surface area contributed by atoms with Crippen molar-refractivity contribution in [2.24, 2.45) is 0 Å². The fourth-order valence-corrected chi connectivity index (χ4v) is 4.31. The van der Waals surface area contributed by atoms with E-state index < -0.39 is 11.7 Å². The second-order valence-corrected chi connectivity index (χ2v) is 8.39. The molecule has 31 heavy (non-hydrogen) atoms. The van der Waals surface area contributed by atoms with Gasteiger partial charge in [0, 0.05) is 18.3 Å². The van der Waals surface area contributed by atoms with Gasteiger partial charge in [0.2, 0.25) is 5.95 Å². The van der Waals surface area contributed by atoms with Crippen LogP contribution in [0, 0.1) is 5.82 Å². The highest BCUT2D eigenvalue weighted by Gasteiger charge is 2.30. The third-order valence-electron chi connectivity index (χ3n) is 4.97. The van der Waals surface area contributed by atoms with Crippen LogP contribution in [0.25, 0.3) is 5.69 Å². The monoisotopic (exact) mass is 452 g/mol. The Bertz CT molecular complexity index is 1030. The lowest BCUT2D eigenvalue weighted by Gasteiger charge is -2.28. The molecule has 2 heterocycles. The van der Waals surface area contributed by atoms with E-state index in [0.29, 0.717) is 43.1 Å². The highest BCUT2D eigenvalue weighted by molar-refractivity contribution is 7.99. The number of hydrogen-bond acceptors (Lipinski definition) is 5. The number of benzene rings is 2. The molecule has 164 valence electrons. The molecule has 0 radical (unpaired) electrons. The average Bonchev–Trinajstić information content (AvgIpc) is 3.17. The number of morpholine rings is 1. The van der Waals surface area contributed by atoms with Crippen LogP contribution in [-0.2, 0) is 10.9 Å². The van der Waals surface area contributed by atoms with Gasteiger partial charge in [0.1, 0.15) is 5.82 Å². The molecule has 1 aliphatic rings.